The van der Waals surface area contributed by atoms with Crippen LogP contribution in [0.15, 0.2) is 35.9 Å². The van der Waals surface area contributed by atoms with E-state index in [1.165, 1.54) is 0 Å². The molecule has 0 amide bonds. The van der Waals surface area contributed by atoms with Crippen molar-refractivity contribution >= 4 is 13.7 Å². The minimum absolute atomic E-state index is 0.0223. The molecule has 0 unspecified atom stereocenters. The molecular formula is C15H18NO3P. The van der Waals surface area contributed by atoms with E-state index in [4.69, 9.17) is 9.05 Å². The van der Waals surface area contributed by atoms with E-state index in [2.05, 4.69) is 6.07 Å². The van der Waals surface area contributed by atoms with Gasteiger partial charge in [-0.15, -0.1) is 0 Å². The zero-order valence-electron chi connectivity index (χ0n) is 11.7. The minimum atomic E-state index is -3.19. The van der Waals surface area contributed by atoms with Crippen LogP contribution in [0, 0.1) is 16.7 Å². The van der Waals surface area contributed by atoms with Crippen molar-refractivity contribution < 1.29 is 13.6 Å². The third kappa shape index (κ3) is 4.05. The molecule has 1 fully saturated rings. The first kappa shape index (κ1) is 15.0. The second kappa shape index (κ2) is 5.93. The van der Waals surface area contributed by atoms with E-state index in [9.17, 15) is 9.83 Å². The zero-order chi connectivity index (χ0) is 14.6. The van der Waals surface area contributed by atoms with Gasteiger partial charge in [-0.25, -0.2) is 0 Å². The smallest absolute Gasteiger partial charge is 0.308 e. The van der Waals surface area contributed by atoms with Gasteiger partial charge in [-0.2, -0.15) is 5.26 Å². The number of rotatable bonds is 3. The predicted octanol–water partition coefficient (Wildman–Crippen LogP) is 3.86. The van der Waals surface area contributed by atoms with E-state index in [0.29, 0.717) is 18.8 Å². The van der Waals surface area contributed by atoms with Crippen LogP contribution in [0.5, 0.6) is 0 Å². The zero-order valence-corrected chi connectivity index (χ0v) is 12.6. The molecule has 0 saturated carbocycles. The van der Waals surface area contributed by atoms with Crippen molar-refractivity contribution in [2.75, 3.05) is 19.4 Å². The van der Waals surface area contributed by atoms with Crippen molar-refractivity contribution in [1.29, 1.82) is 5.26 Å². The summed E-state index contributed by atoms with van der Waals surface area (Å²) in [7, 11) is -3.19. The van der Waals surface area contributed by atoms with Crippen molar-refractivity contribution in [2.24, 2.45) is 5.41 Å². The molecule has 20 heavy (non-hydrogen) atoms. The number of allylic oxidation sites excluding steroid dienone is 1. The van der Waals surface area contributed by atoms with Crippen molar-refractivity contribution in [3.63, 3.8) is 0 Å². The number of nitrogens with zero attached hydrogens (tertiary/aromatic N) is 1. The van der Waals surface area contributed by atoms with Crippen LogP contribution in [0.25, 0.3) is 6.08 Å². The molecule has 1 heterocycles. The Bertz CT molecular complexity index is 573. The quantitative estimate of drug-likeness (QED) is 0.626. The molecule has 1 saturated heterocycles. The molecule has 0 aliphatic carbocycles. The normalized spacial score (nSPS) is 21.1. The highest BCUT2D eigenvalue weighted by molar-refractivity contribution is 7.54. The first-order chi connectivity index (χ1) is 9.42. The molecule has 1 aromatic rings. The maximum absolute atomic E-state index is 12.4. The summed E-state index contributed by atoms with van der Waals surface area (Å²) in [5, 5.41) is 9.18. The summed E-state index contributed by atoms with van der Waals surface area (Å²) in [4.78, 5) is 0. The van der Waals surface area contributed by atoms with Crippen LogP contribution in [0.1, 0.15) is 19.4 Å². The van der Waals surface area contributed by atoms with Crippen LogP contribution < -0.4 is 0 Å². The fourth-order valence-electron chi connectivity index (χ4n) is 1.79. The standard InChI is InChI=1S/C15H18NO3P/c1-15(2)11-18-20(17,19-12-15)10-14(9-16)8-13-6-4-3-5-7-13/h3-8H,10-12H2,1-2H3/b14-8+. The highest BCUT2D eigenvalue weighted by Crippen LogP contribution is 2.54. The summed E-state index contributed by atoms with van der Waals surface area (Å²) in [5.41, 5.74) is 1.16. The summed E-state index contributed by atoms with van der Waals surface area (Å²) in [6.45, 7) is 4.74. The molecule has 0 bridgehead atoms. The largest absolute Gasteiger partial charge is 0.335 e. The first-order valence-corrected chi connectivity index (χ1v) is 8.19. The Hall–Kier alpha value is -1.40. The summed E-state index contributed by atoms with van der Waals surface area (Å²) in [6, 6.07) is 11.5. The second-order valence-corrected chi connectivity index (χ2v) is 7.73. The van der Waals surface area contributed by atoms with Gasteiger partial charge in [0.05, 0.1) is 25.4 Å². The molecule has 2 rings (SSSR count). The second-order valence-electron chi connectivity index (χ2n) is 5.67. The molecule has 1 aliphatic rings. The lowest BCUT2D eigenvalue weighted by molar-refractivity contribution is 0.0424. The van der Waals surface area contributed by atoms with E-state index in [1.807, 2.05) is 44.2 Å². The first-order valence-electron chi connectivity index (χ1n) is 6.46. The van der Waals surface area contributed by atoms with E-state index in [-0.39, 0.29) is 11.6 Å². The summed E-state index contributed by atoms with van der Waals surface area (Å²) in [6.07, 6.45) is 1.74. The Morgan fingerprint density at radius 2 is 1.95 bits per heavy atom. The van der Waals surface area contributed by atoms with Gasteiger partial charge in [0.2, 0.25) is 0 Å². The van der Waals surface area contributed by atoms with Crippen molar-refractivity contribution in [3.8, 4) is 6.07 Å². The van der Waals surface area contributed by atoms with Crippen LogP contribution in [0.2, 0.25) is 0 Å². The Labute approximate surface area is 119 Å². The maximum Gasteiger partial charge on any atom is 0.335 e. The predicted molar refractivity (Wildman–Crippen MR) is 78.2 cm³/mol. The Kier molecular flexibility index (Phi) is 4.45. The lowest BCUT2D eigenvalue weighted by Crippen LogP contribution is -2.30. The number of hydrogen-bond acceptors (Lipinski definition) is 4. The molecule has 0 radical (unpaired) electrons. The Morgan fingerprint density at radius 1 is 1.35 bits per heavy atom. The van der Waals surface area contributed by atoms with E-state index < -0.39 is 7.60 Å². The Morgan fingerprint density at radius 3 is 2.50 bits per heavy atom. The topological polar surface area (TPSA) is 59.3 Å². The van der Waals surface area contributed by atoms with Crippen LogP contribution >= 0.6 is 7.60 Å². The molecular weight excluding hydrogens is 273 g/mol. The van der Waals surface area contributed by atoms with Gasteiger partial charge in [0.15, 0.2) is 0 Å². The van der Waals surface area contributed by atoms with Gasteiger partial charge in [-0.1, -0.05) is 44.2 Å². The molecule has 0 spiro atoms. The molecule has 5 heteroatoms. The van der Waals surface area contributed by atoms with Gasteiger partial charge in [-0.05, 0) is 11.6 Å². The van der Waals surface area contributed by atoms with E-state index >= 15 is 0 Å². The molecule has 0 atom stereocenters. The lowest BCUT2D eigenvalue weighted by atomic mass is 9.97. The van der Waals surface area contributed by atoms with Crippen LogP contribution in [0.3, 0.4) is 0 Å². The van der Waals surface area contributed by atoms with Crippen molar-refractivity contribution in [1.82, 2.24) is 0 Å². The van der Waals surface area contributed by atoms with Crippen molar-refractivity contribution in [2.45, 2.75) is 13.8 Å². The van der Waals surface area contributed by atoms with Crippen LogP contribution in [0.4, 0.5) is 0 Å². The SMILES string of the molecule is CC1(C)COP(=O)(C/C(C#N)=C/c2ccccc2)OC1. The van der Waals surface area contributed by atoms with Gasteiger partial charge in [-0.3, -0.25) is 4.57 Å². The van der Waals surface area contributed by atoms with Gasteiger partial charge < -0.3 is 9.05 Å². The van der Waals surface area contributed by atoms with Crippen molar-refractivity contribution in [3.05, 3.63) is 41.5 Å². The van der Waals surface area contributed by atoms with Crippen LogP contribution in [-0.2, 0) is 13.6 Å². The van der Waals surface area contributed by atoms with Gasteiger partial charge >= 0.3 is 7.60 Å². The van der Waals surface area contributed by atoms with Gasteiger partial charge in [0, 0.05) is 11.0 Å². The van der Waals surface area contributed by atoms with Crippen LogP contribution in [-0.4, -0.2) is 19.4 Å². The molecule has 0 aromatic heterocycles. The molecule has 0 N–H and O–H groups in total. The molecule has 4 nitrogen and oxygen atoms in total. The summed E-state index contributed by atoms with van der Waals surface area (Å²) < 4.78 is 23.2. The number of hydrogen-bond donors (Lipinski definition) is 0. The highest BCUT2D eigenvalue weighted by Gasteiger charge is 2.37. The fourth-order valence-corrected chi connectivity index (χ4v) is 3.72. The van der Waals surface area contributed by atoms with E-state index in [1.54, 1.807) is 6.08 Å². The molecule has 1 aromatic carbocycles. The monoisotopic (exact) mass is 291 g/mol. The minimum Gasteiger partial charge on any atom is -0.308 e. The van der Waals surface area contributed by atoms with E-state index in [0.717, 1.165) is 5.56 Å². The third-order valence-electron chi connectivity index (χ3n) is 2.95. The highest BCUT2D eigenvalue weighted by atomic mass is 31.2. The number of nitriles is 1. The average Bonchev–Trinajstić information content (AvgIpc) is 2.43. The van der Waals surface area contributed by atoms with Gasteiger partial charge in [0.25, 0.3) is 0 Å². The average molecular weight is 291 g/mol. The molecule has 106 valence electrons. The summed E-state index contributed by atoms with van der Waals surface area (Å²) in [5.74, 6) is 0. The number of benzene rings is 1. The fraction of sp³-hybridized carbons (Fsp3) is 0.400. The van der Waals surface area contributed by atoms with Gasteiger partial charge in [0.1, 0.15) is 0 Å². The maximum atomic E-state index is 12.4. The summed E-state index contributed by atoms with van der Waals surface area (Å²) >= 11 is 0. The third-order valence-corrected chi connectivity index (χ3v) is 4.73. The molecule has 1 aliphatic heterocycles. The Balaban J connectivity index is 2.10. The lowest BCUT2D eigenvalue weighted by Gasteiger charge is -2.33.